The fraction of sp³-hybridized carbons (Fsp3) is 0.385. The van der Waals surface area contributed by atoms with Gasteiger partial charge >= 0.3 is 0 Å². The van der Waals surface area contributed by atoms with Crippen LogP contribution in [0, 0.1) is 12.7 Å². The van der Waals surface area contributed by atoms with Crippen molar-refractivity contribution in [3.05, 3.63) is 42.2 Å². The van der Waals surface area contributed by atoms with Gasteiger partial charge in [0.15, 0.2) is 11.6 Å². The Bertz CT molecular complexity index is 352. The Hall–Kier alpha value is -1.35. The van der Waals surface area contributed by atoms with E-state index in [1.165, 1.54) is 6.07 Å². The molecule has 2 nitrogen and oxygen atoms in total. The van der Waals surface area contributed by atoms with Gasteiger partial charge in [-0.3, -0.25) is 0 Å². The fourth-order valence-electron chi connectivity index (χ4n) is 1.35. The molecule has 0 aliphatic carbocycles. The minimum Gasteiger partial charge on any atom is -0.486 e. The lowest BCUT2D eigenvalue weighted by atomic mass is 10.2. The van der Waals surface area contributed by atoms with Crippen LogP contribution < -0.4 is 10.1 Å². The van der Waals surface area contributed by atoms with Gasteiger partial charge in [-0.05, 0) is 31.5 Å². The molecular formula is C13H18FNO. The summed E-state index contributed by atoms with van der Waals surface area (Å²) in [5, 5.41) is 3.12. The van der Waals surface area contributed by atoms with Crippen LogP contribution in [-0.2, 0) is 0 Å². The predicted molar refractivity (Wildman–Crippen MR) is 64.3 cm³/mol. The van der Waals surface area contributed by atoms with Gasteiger partial charge in [0.25, 0.3) is 0 Å². The van der Waals surface area contributed by atoms with E-state index in [2.05, 4.69) is 11.9 Å². The minimum atomic E-state index is -0.318. The van der Waals surface area contributed by atoms with Crippen molar-refractivity contribution in [1.82, 2.24) is 5.32 Å². The van der Waals surface area contributed by atoms with E-state index in [1.54, 1.807) is 18.2 Å². The molecule has 0 fully saturated rings. The number of rotatable bonds is 6. The Morgan fingerprint density at radius 1 is 1.56 bits per heavy atom. The van der Waals surface area contributed by atoms with Crippen LogP contribution in [0.2, 0.25) is 0 Å². The highest BCUT2D eigenvalue weighted by molar-refractivity contribution is 5.29. The zero-order chi connectivity index (χ0) is 12.0. The summed E-state index contributed by atoms with van der Waals surface area (Å²) in [6, 6.07) is 4.86. The van der Waals surface area contributed by atoms with E-state index in [-0.39, 0.29) is 11.9 Å². The normalized spacial score (nSPS) is 12.2. The van der Waals surface area contributed by atoms with E-state index >= 15 is 0 Å². The summed E-state index contributed by atoms with van der Waals surface area (Å²) in [5.74, 6) is -0.00549. The highest BCUT2D eigenvalue weighted by Gasteiger charge is 2.07. The summed E-state index contributed by atoms with van der Waals surface area (Å²) in [6.07, 6.45) is 1.70. The summed E-state index contributed by atoms with van der Waals surface area (Å²) in [4.78, 5) is 0. The van der Waals surface area contributed by atoms with Gasteiger partial charge in [0, 0.05) is 13.1 Å². The molecule has 0 aromatic heterocycles. The molecule has 3 heteroatoms. The van der Waals surface area contributed by atoms with Crippen molar-refractivity contribution >= 4 is 0 Å². The molecule has 1 rings (SSSR count). The Morgan fingerprint density at radius 3 is 3.00 bits per heavy atom. The third-order valence-corrected chi connectivity index (χ3v) is 2.14. The van der Waals surface area contributed by atoms with Crippen LogP contribution in [-0.4, -0.2) is 19.2 Å². The van der Waals surface area contributed by atoms with Crippen LogP contribution in [0.4, 0.5) is 4.39 Å². The largest absolute Gasteiger partial charge is 0.486 e. The lowest BCUT2D eigenvalue weighted by Gasteiger charge is -2.15. The van der Waals surface area contributed by atoms with Crippen LogP contribution in [0.5, 0.6) is 5.75 Å². The molecule has 0 amide bonds. The predicted octanol–water partition coefficient (Wildman–Crippen LogP) is 2.68. The maximum atomic E-state index is 13.4. The topological polar surface area (TPSA) is 21.3 Å². The molecule has 16 heavy (non-hydrogen) atoms. The summed E-state index contributed by atoms with van der Waals surface area (Å²) in [6.45, 7) is 8.81. The van der Waals surface area contributed by atoms with Gasteiger partial charge in [0.2, 0.25) is 0 Å². The number of aryl methyl sites for hydroxylation is 1. The molecular weight excluding hydrogens is 205 g/mol. The van der Waals surface area contributed by atoms with Gasteiger partial charge in [-0.25, -0.2) is 4.39 Å². The lowest BCUT2D eigenvalue weighted by Crippen LogP contribution is -2.29. The SMILES string of the molecule is C=CCNCC(C)Oc1cc(C)ccc1F. The van der Waals surface area contributed by atoms with E-state index < -0.39 is 0 Å². The van der Waals surface area contributed by atoms with Gasteiger partial charge < -0.3 is 10.1 Å². The average Bonchev–Trinajstić information content (AvgIpc) is 2.24. The maximum Gasteiger partial charge on any atom is 0.165 e. The Balaban J connectivity index is 2.51. The molecule has 1 aromatic carbocycles. The third-order valence-electron chi connectivity index (χ3n) is 2.14. The van der Waals surface area contributed by atoms with Crippen LogP contribution in [0.25, 0.3) is 0 Å². The summed E-state index contributed by atoms with van der Waals surface area (Å²) in [7, 11) is 0. The van der Waals surface area contributed by atoms with Gasteiger partial charge in [-0.2, -0.15) is 0 Å². The number of nitrogens with one attached hydrogen (secondary N) is 1. The van der Waals surface area contributed by atoms with Gasteiger partial charge in [-0.1, -0.05) is 12.1 Å². The molecule has 1 aromatic rings. The van der Waals surface area contributed by atoms with Crippen LogP contribution in [0.1, 0.15) is 12.5 Å². The fourth-order valence-corrected chi connectivity index (χ4v) is 1.35. The van der Waals surface area contributed by atoms with Crippen molar-refractivity contribution in [1.29, 1.82) is 0 Å². The second-order valence-corrected chi connectivity index (χ2v) is 3.81. The Kier molecular flexibility index (Phi) is 4.99. The number of benzene rings is 1. The molecule has 1 unspecified atom stereocenters. The monoisotopic (exact) mass is 223 g/mol. The number of ether oxygens (including phenoxy) is 1. The van der Waals surface area contributed by atoms with E-state index in [9.17, 15) is 4.39 Å². The number of hydrogen-bond donors (Lipinski definition) is 1. The van der Waals surface area contributed by atoms with Crippen LogP contribution in [0.3, 0.4) is 0 Å². The van der Waals surface area contributed by atoms with Crippen molar-refractivity contribution in [2.75, 3.05) is 13.1 Å². The van der Waals surface area contributed by atoms with Gasteiger partial charge in [-0.15, -0.1) is 6.58 Å². The molecule has 0 bridgehead atoms. The van der Waals surface area contributed by atoms with E-state index in [1.807, 2.05) is 13.8 Å². The van der Waals surface area contributed by atoms with Crippen molar-refractivity contribution in [2.24, 2.45) is 0 Å². The van der Waals surface area contributed by atoms with Crippen LogP contribution >= 0.6 is 0 Å². The standard InChI is InChI=1S/C13H18FNO/c1-4-7-15-9-11(3)16-13-8-10(2)5-6-12(13)14/h4-6,8,11,15H,1,7,9H2,2-3H3. The second-order valence-electron chi connectivity index (χ2n) is 3.81. The van der Waals surface area contributed by atoms with E-state index in [4.69, 9.17) is 4.74 Å². The zero-order valence-corrected chi connectivity index (χ0v) is 9.79. The quantitative estimate of drug-likeness (QED) is 0.591. The summed E-state index contributed by atoms with van der Waals surface area (Å²) in [5.41, 5.74) is 0.989. The molecule has 0 heterocycles. The highest BCUT2D eigenvalue weighted by atomic mass is 19.1. The summed E-state index contributed by atoms with van der Waals surface area (Å²) < 4.78 is 18.9. The van der Waals surface area contributed by atoms with Crippen LogP contribution in [0.15, 0.2) is 30.9 Å². The molecule has 88 valence electrons. The van der Waals surface area contributed by atoms with Crippen molar-refractivity contribution in [3.63, 3.8) is 0 Å². The van der Waals surface area contributed by atoms with Gasteiger partial charge in [0.05, 0.1) is 0 Å². The first-order valence-corrected chi connectivity index (χ1v) is 5.38. The number of hydrogen-bond acceptors (Lipinski definition) is 2. The number of halogens is 1. The average molecular weight is 223 g/mol. The third kappa shape index (κ3) is 4.03. The molecule has 0 saturated heterocycles. The first-order chi connectivity index (χ1) is 7.63. The van der Waals surface area contributed by atoms with E-state index in [0.29, 0.717) is 12.3 Å². The Morgan fingerprint density at radius 2 is 2.31 bits per heavy atom. The second kappa shape index (κ2) is 6.28. The highest BCUT2D eigenvalue weighted by Crippen LogP contribution is 2.19. The molecule has 0 saturated carbocycles. The molecule has 0 aliphatic rings. The van der Waals surface area contributed by atoms with E-state index in [0.717, 1.165) is 12.1 Å². The smallest absolute Gasteiger partial charge is 0.165 e. The van der Waals surface area contributed by atoms with Gasteiger partial charge in [0.1, 0.15) is 6.10 Å². The van der Waals surface area contributed by atoms with Crippen molar-refractivity contribution < 1.29 is 9.13 Å². The lowest BCUT2D eigenvalue weighted by molar-refractivity contribution is 0.209. The first kappa shape index (κ1) is 12.7. The minimum absolute atomic E-state index is 0.0729. The molecule has 1 N–H and O–H groups in total. The summed E-state index contributed by atoms with van der Waals surface area (Å²) >= 11 is 0. The Labute approximate surface area is 96.1 Å². The van der Waals surface area contributed by atoms with Crippen molar-refractivity contribution in [2.45, 2.75) is 20.0 Å². The zero-order valence-electron chi connectivity index (χ0n) is 9.79. The molecule has 0 aliphatic heterocycles. The molecule has 0 spiro atoms. The van der Waals surface area contributed by atoms with Crippen molar-refractivity contribution in [3.8, 4) is 5.75 Å². The first-order valence-electron chi connectivity index (χ1n) is 5.38. The molecule has 0 radical (unpaired) electrons. The maximum absolute atomic E-state index is 13.4. The molecule has 1 atom stereocenters.